The van der Waals surface area contributed by atoms with E-state index in [1.807, 2.05) is 6.92 Å². The summed E-state index contributed by atoms with van der Waals surface area (Å²) in [5.41, 5.74) is 2.05. The van der Waals surface area contributed by atoms with Crippen molar-refractivity contribution in [3.63, 3.8) is 0 Å². The molecule has 0 spiro atoms. The lowest BCUT2D eigenvalue weighted by Gasteiger charge is -2.32. The van der Waals surface area contributed by atoms with Crippen molar-refractivity contribution in [2.45, 2.75) is 44.0 Å². The summed E-state index contributed by atoms with van der Waals surface area (Å²) in [6, 6.07) is 8.00. The smallest absolute Gasteiger partial charge is 0.339 e. The van der Waals surface area contributed by atoms with E-state index in [9.17, 15) is 18.0 Å². The highest BCUT2D eigenvalue weighted by atomic mass is 32.2. The molecular weight excluding hydrogens is 406 g/mol. The van der Waals surface area contributed by atoms with Crippen molar-refractivity contribution in [2.75, 3.05) is 20.2 Å². The van der Waals surface area contributed by atoms with Crippen LogP contribution in [0.5, 0.6) is 0 Å². The highest BCUT2D eigenvalue weighted by Gasteiger charge is 2.30. The van der Waals surface area contributed by atoms with Crippen LogP contribution < -0.4 is 4.72 Å². The Morgan fingerprint density at radius 1 is 1.20 bits per heavy atom. The molecular formula is C21H27N3O5S. The first-order valence-corrected chi connectivity index (χ1v) is 11.4. The number of nitrogens with zero attached hydrogens (tertiary/aromatic N) is 1. The first kappa shape index (κ1) is 22.0. The van der Waals surface area contributed by atoms with E-state index in [0.29, 0.717) is 54.9 Å². The number of aromatic nitrogens is 1. The van der Waals surface area contributed by atoms with Gasteiger partial charge in [-0.25, -0.2) is 17.9 Å². The molecule has 2 aromatic rings. The number of methoxy groups -OCH3 is 1. The van der Waals surface area contributed by atoms with Crippen molar-refractivity contribution in [1.82, 2.24) is 14.6 Å². The molecule has 0 atom stereocenters. The average molecular weight is 434 g/mol. The third-order valence-electron chi connectivity index (χ3n) is 5.44. The number of rotatable bonds is 6. The Balaban J connectivity index is 1.68. The SMILES string of the molecule is CCc1[nH]c(C(=O)N2CCC(NS(=O)(=O)c3ccccc3)CC2)c(C)c1C(=O)OC. The van der Waals surface area contributed by atoms with Crippen LogP contribution in [0.15, 0.2) is 35.2 Å². The van der Waals surface area contributed by atoms with E-state index in [0.717, 1.165) is 0 Å². The zero-order valence-electron chi connectivity index (χ0n) is 17.4. The molecule has 1 amide bonds. The number of sulfonamides is 1. The number of amides is 1. The predicted molar refractivity (Wildman–Crippen MR) is 112 cm³/mol. The van der Waals surface area contributed by atoms with Crippen LogP contribution in [0.25, 0.3) is 0 Å². The van der Waals surface area contributed by atoms with Gasteiger partial charge in [-0.2, -0.15) is 0 Å². The van der Waals surface area contributed by atoms with Gasteiger partial charge < -0.3 is 14.6 Å². The maximum Gasteiger partial charge on any atom is 0.339 e. The molecule has 1 aliphatic rings. The number of hydrogen-bond donors (Lipinski definition) is 2. The molecule has 1 aromatic heterocycles. The molecule has 1 saturated heterocycles. The zero-order chi connectivity index (χ0) is 21.9. The monoisotopic (exact) mass is 433 g/mol. The van der Waals surface area contributed by atoms with Gasteiger partial charge in [0.15, 0.2) is 0 Å². The third-order valence-corrected chi connectivity index (χ3v) is 6.98. The third kappa shape index (κ3) is 4.41. The predicted octanol–water partition coefficient (Wildman–Crippen LogP) is 2.26. The maximum absolute atomic E-state index is 13.0. The van der Waals surface area contributed by atoms with Crippen molar-refractivity contribution in [1.29, 1.82) is 0 Å². The minimum Gasteiger partial charge on any atom is -0.465 e. The lowest BCUT2D eigenvalue weighted by molar-refractivity contribution is 0.0599. The van der Waals surface area contributed by atoms with Crippen molar-refractivity contribution in [3.8, 4) is 0 Å². The van der Waals surface area contributed by atoms with Crippen LogP contribution >= 0.6 is 0 Å². The molecule has 0 radical (unpaired) electrons. The summed E-state index contributed by atoms with van der Waals surface area (Å²) >= 11 is 0. The molecule has 0 bridgehead atoms. The van der Waals surface area contributed by atoms with Gasteiger partial charge in [0.05, 0.1) is 17.6 Å². The summed E-state index contributed by atoms with van der Waals surface area (Å²) in [4.78, 5) is 30.1. The Labute approximate surface area is 176 Å². The van der Waals surface area contributed by atoms with Crippen LogP contribution in [0.2, 0.25) is 0 Å². The quantitative estimate of drug-likeness (QED) is 0.680. The number of likely N-dealkylation sites (tertiary alicyclic amines) is 1. The molecule has 30 heavy (non-hydrogen) atoms. The molecule has 1 fully saturated rings. The van der Waals surface area contributed by atoms with E-state index in [1.165, 1.54) is 7.11 Å². The Morgan fingerprint density at radius 3 is 2.40 bits per heavy atom. The van der Waals surface area contributed by atoms with E-state index in [4.69, 9.17) is 4.74 Å². The average Bonchev–Trinajstić information content (AvgIpc) is 3.10. The molecule has 1 aromatic carbocycles. The fraction of sp³-hybridized carbons (Fsp3) is 0.429. The normalized spacial score (nSPS) is 15.2. The number of carbonyl (C=O) groups is 2. The number of aryl methyl sites for hydroxylation is 1. The Kier molecular flexibility index (Phi) is 6.62. The van der Waals surface area contributed by atoms with E-state index < -0.39 is 16.0 Å². The van der Waals surface area contributed by atoms with Gasteiger partial charge in [0, 0.05) is 24.8 Å². The number of hydrogen-bond acceptors (Lipinski definition) is 5. The number of piperidine rings is 1. The lowest BCUT2D eigenvalue weighted by Crippen LogP contribution is -2.46. The molecule has 0 saturated carbocycles. The van der Waals surface area contributed by atoms with E-state index in [-0.39, 0.29) is 16.8 Å². The second kappa shape index (κ2) is 9.01. The summed E-state index contributed by atoms with van der Waals surface area (Å²) in [6.07, 6.45) is 1.60. The van der Waals surface area contributed by atoms with Crippen molar-refractivity contribution < 1.29 is 22.7 Å². The fourth-order valence-electron chi connectivity index (χ4n) is 3.76. The minimum atomic E-state index is -3.59. The second-order valence-electron chi connectivity index (χ2n) is 7.32. The molecule has 0 unspecified atom stereocenters. The molecule has 162 valence electrons. The summed E-state index contributed by atoms with van der Waals surface area (Å²) in [5, 5.41) is 0. The van der Waals surface area contributed by atoms with E-state index >= 15 is 0 Å². The van der Waals surface area contributed by atoms with Crippen LogP contribution in [0.1, 0.15) is 51.9 Å². The van der Waals surface area contributed by atoms with E-state index in [2.05, 4.69) is 9.71 Å². The standard InChI is InChI=1S/C21H27N3O5S/c1-4-17-18(21(26)29-3)14(2)19(22-17)20(25)24-12-10-15(11-13-24)23-30(27,28)16-8-6-5-7-9-16/h5-9,15,22-23H,4,10-13H2,1-3H3. The largest absolute Gasteiger partial charge is 0.465 e. The molecule has 2 heterocycles. The topological polar surface area (TPSA) is 109 Å². The van der Waals surface area contributed by atoms with Gasteiger partial charge in [0.25, 0.3) is 5.91 Å². The fourth-order valence-corrected chi connectivity index (χ4v) is 5.09. The molecule has 0 aliphatic carbocycles. The van der Waals surface area contributed by atoms with Crippen LogP contribution in [-0.2, 0) is 21.2 Å². The van der Waals surface area contributed by atoms with Gasteiger partial charge in [0.1, 0.15) is 5.69 Å². The number of H-pyrrole nitrogens is 1. The van der Waals surface area contributed by atoms with Crippen LogP contribution in [0.3, 0.4) is 0 Å². The van der Waals surface area contributed by atoms with Crippen molar-refractivity contribution in [2.24, 2.45) is 0 Å². The molecule has 3 rings (SSSR count). The van der Waals surface area contributed by atoms with Crippen molar-refractivity contribution >= 4 is 21.9 Å². The van der Waals surface area contributed by atoms with Gasteiger partial charge in [-0.05, 0) is 43.9 Å². The zero-order valence-corrected chi connectivity index (χ0v) is 18.2. The second-order valence-corrected chi connectivity index (χ2v) is 9.04. The number of carbonyl (C=O) groups excluding carboxylic acids is 2. The highest BCUT2D eigenvalue weighted by Crippen LogP contribution is 2.23. The number of aromatic amines is 1. The molecule has 9 heteroatoms. The Morgan fingerprint density at radius 2 is 1.83 bits per heavy atom. The number of ether oxygens (including phenoxy) is 1. The highest BCUT2D eigenvalue weighted by molar-refractivity contribution is 7.89. The maximum atomic E-state index is 13.0. The summed E-state index contributed by atoms with van der Waals surface area (Å²) in [7, 11) is -2.27. The number of esters is 1. The van der Waals surface area contributed by atoms with Crippen LogP contribution in [-0.4, -0.2) is 56.4 Å². The molecule has 8 nitrogen and oxygen atoms in total. The molecule has 2 N–H and O–H groups in total. The minimum absolute atomic E-state index is 0.193. The van der Waals surface area contributed by atoms with Gasteiger partial charge in [0.2, 0.25) is 10.0 Å². The van der Waals surface area contributed by atoms with Gasteiger partial charge in [-0.1, -0.05) is 25.1 Å². The first-order valence-electron chi connectivity index (χ1n) is 9.94. The van der Waals surface area contributed by atoms with Gasteiger partial charge in [-0.3, -0.25) is 4.79 Å². The Bertz CT molecular complexity index is 1020. The van der Waals surface area contributed by atoms with Crippen LogP contribution in [0, 0.1) is 6.92 Å². The van der Waals surface area contributed by atoms with Gasteiger partial charge >= 0.3 is 5.97 Å². The van der Waals surface area contributed by atoms with Gasteiger partial charge in [-0.15, -0.1) is 0 Å². The summed E-state index contributed by atoms with van der Waals surface area (Å²) < 4.78 is 32.6. The van der Waals surface area contributed by atoms with Crippen molar-refractivity contribution in [3.05, 3.63) is 52.8 Å². The number of benzene rings is 1. The summed E-state index contributed by atoms with van der Waals surface area (Å²) in [6.45, 7) is 4.48. The first-order chi connectivity index (χ1) is 14.3. The van der Waals surface area contributed by atoms with Crippen LogP contribution in [0.4, 0.5) is 0 Å². The molecule has 1 aliphatic heterocycles. The summed E-state index contributed by atoms with van der Waals surface area (Å²) in [5.74, 6) is -0.657. The number of nitrogens with one attached hydrogen (secondary N) is 2. The Hall–Kier alpha value is -2.65. The lowest BCUT2D eigenvalue weighted by atomic mass is 10.0. The van der Waals surface area contributed by atoms with E-state index in [1.54, 1.807) is 42.2 Å².